The van der Waals surface area contributed by atoms with Gasteiger partial charge in [0.05, 0.1) is 16.4 Å². The fourth-order valence-corrected chi connectivity index (χ4v) is 3.67. The van der Waals surface area contributed by atoms with E-state index in [4.69, 9.17) is 4.52 Å². The molecule has 1 unspecified atom stereocenters. The molecular weight excluding hydrogens is 379 g/mol. The Hall–Kier alpha value is -2.68. The Kier molecular flexibility index (Phi) is 4.47. The highest BCUT2D eigenvalue weighted by Crippen LogP contribution is 2.32. The van der Waals surface area contributed by atoms with E-state index < -0.39 is 11.7 Å². The lowest BCUT2D eigenvalue weighted by Crippen LogP contribution is -2.24. The van der Waals surface area contributed by atoms with Crippen molar-refractivity contribution >= 4 is 17.2 Å². The van der Waals surface area contributed by atoms with Crippen molar-refractivity contribution in [2.75, 3.05) is 6.54 Å². The van der Waals surface area contributed by atoms with Gasteiger partial charge in [-0.1, -0.05) is 23.4 Å². The number of amides is 1. The second kappa shape index (κ2) is 6.80. The number of carbonyl (C=O) groups is 1. The Balaban J connectivity index is 1.43. The minimum atomic E-state index is -4.37. The van der Waals surface area contributed by atoms with E-state index in [1.54, 1.807) is 4.90 Å². The van der Waals surface area contributed by atoms with E-state index in [1.807, 2.05) is 17.5 Å². The highest BCUT2D eigenvalue weighted by Gasteiger charge is 2.35. The van der Waals surface area contributed by atoms with Gasteiger partial charge in [0, 0.05) is 19.5 Å². The van der Waals surface area contributed by atoms with Gasteiger partial charge in [-0.15, -0.1) is 11.3 Å². The normalized spacial score (nSPS) is 17.7. The number of thiophene rings is 1. The number of hydrogen-bond donors (Lipinski definition) is 0. The van der Waals surface area contributed by atoms with Crippen LogP contribution in [0.2, 0.25) is 0 Å². The van der Waals surface area contributed by atoms with Gasteiger partial charge in [-0.2, -0.15) is 18.2 Å². The highest BCUT2D eigenvalue weighted by atomic mass is 32.1. The van der Waals surface area contributed by atoms with Crippen LogP contribution in [0.5, 0.6) is 0 Å². The summed E-state index contributed by atoms with van der Waals surface area (Å²) in [6, 6.07) is 8.62. The van der Waals surface area contributed by atoms with Gasteiger partial charge in [0.15, 0.2) is 0 Å². The molecule has 1 aromatic carbocycles. The van der Waals surface area contributed by atoms with E-state index in [9.17, 15) is 18.0 Å². The number of rotatable bonds is 4. The minimum Gasteiger partial charge on any atom is -0.339 e. The van der Waals surface area contributed by atoms with Crippen molar-refractivity contribution in [2.24, 2.45) is 0 Å². The van der Waals surface area contributed by atoms with Gasteiger partial charge in [-0.25, -0.2) is 0 Å². The molecule has 0 aliphatic carbocycles. The van der Waals surface area contributed by atoms with Gasteiger partial charge in [0.2, 0.25) is 17.6 Å². The van der Waals surface area contributed by atoms with Gasteiger partial charge in [-0.3, -0.25) is 4.79 Å². The van der Waals surface area contributed by atoms with Crippen LogP contribution in [0, 0.1) is 0 Å². The van der Waals surface area contributed by atoms with Crippen LogP contribution in [0.15, 0.2) is 46.3 Å². The summed E-state index contributed by atoms with van der Waals surface area (Å²) in [5, 5.41) is 5.87. The van der Waals surface area contributed by atoms with Crippen molar-refractivity contribution < 1.29 is 22.5 Å². The predicted octanol–water partition coefficient (Wildman–Crippen LogP) is 4.33. The lowest BCUT2D eigenvalue weighted by molar-refractivity contribution is -0.137. The van der Waals surface area contributed by atoms with Crippen LogP contribution in [0.3, 0.4) is 0 Å². The molecule has 1 aliphatic rings. The van der Waals surface area contributed by atoms with Crippen LogP contribution in [0.1, 0.15) is 29.4 Å². The van der Waals surface area contributed by atoms with Crippen molar-refractivity contribution in [1.29, 1.82) is 0 Å². The standard InChI is InChI=1S/C18H14F3N3O2S/c19-18(20,21)13-5-3-11(4-6-13)9-24-10-12(8-15(24)25)17-22-16(23-26-17)14-2-1-7-27-14/h1-7,12H,8-10H2. The SMILES string of the molecule is O=C1CC(c2nc(-c3cccs3)no2)CN1Cc1ccc(C(F)(F)F)cc1. The average Bonchev–Trinajstić information content (AvgIpc) is 3.35. The summed E-state index contributed by atoms with van der Waals surface area (Å²) in [4.78, 5) is 19.1. The summed E-state index contributed by atoms with van der Waals surface area (Å²) >= 11 is 1.50. The van der Waals surface area contributed by atoms with Crippen molar-refractivity contribution in [3.05, 3.63) is 58.8 Å². The number of benzene rings is 1. The second-order valence-electron chi connectivity index (χ2n) is 6.30. The zero-order chi connectivity index (χ0) is 19.0. The number of nitrogens with zero attached hydrogens (tertiary/aromatic N) is 3. The molecule has 0 saturated carbocycles. The van der Waals surface area contributed by atoms with Crippen molar-refractivity contribution in [1.82, 2.24) is 15.0 Å². The number of carbonyl (C=O) groups excluding carboxylic acids is 1. The third-order valence-electron chi connectivity index (χ3n) is 4.40. The van der Waals surface area contributed by atoms with Gasteiger partial charge < -0.3 is 9.42 Å². The fraction of sp³-hybridized carbons (Fsp3) is 0.278. The Bertz CT molecular complexity index is 936. The Morgan fingerprint density at radius 1 is 1.22 bits per heavy atom. The lowest BCUT2D eigenvalue weighted by Gasteiger charge is -2.16. The van der Waals surface area contributed by atoms with Gasteiger partial charge in [0.25, 0.3) is 0 Å². The van der Waals surface area contributed by atoms with Gasteiger partial charge >= 0.3 is 6.18 Å². The van der Waals surface area contributed by atoms with E-state index in [2.05, 4.69) is 10.1 Å². The van der Waals surface area contributed by atoms with Crippen molar-refractivity contribution in [3.63, 3.8) is 0 Å². The van der Waals surface area contributed by atoms with E-state index >= 15 is 0 Å². The summed E-state index contributed by atoms with van der Waals surface area (Å²) in [5.41, 5.74) is -0.0642. The van der Waals surface area contributed by atoms with E-state index in [0.29, 0.717) is 23.8 Å². The number of aromatic nitrogens is 2. The molecule has 1 atom stereocenters. The van der Waals surface area contributed by atoms with Crippen LogP contribution in [0.4, 0.5) is 13.2 Å². The molecule has 3 heterocycles. The summed E-state index contributed by atoms with van der Waals surface area (Å²) in [7, 11) is 0. The minimum absolute atomic E-state index is 0.0872. The number of alkyl halides is 3. The van der Waals surface area contributed by atoms with Crippen LogP contribution in [0.25, 0.3) is 10.7 Å². The first-order chi connectivity index (χ1) is 12.9. The molecule has 1 aliphatic heterocycles. The van der Waals surface area contributed by atoms with Crippen molar-refractivity contribution in [3.8, 4) is 10.7 Å². The largest absolute Gasteiger partial charge is 0.416 e. The third-order valence-corrected chi connectivity index (χ3v) is 5.27. The first kappa shape index (κ1) is 17.7. The third kappa shape index (κ3) is 3.73. The molecule has 0 bridgehead atoms. The molecule has 1 saturated heterocycles. The molecule has 140 valence electrons. The highest BCUT2D eigenvalue weighted by molar-refractivity contribution is 7.13. The van der Waals surface area contributed by atoms with Crippen LogP contribution in [-0.2, 0) is 17.5 Å². The smallest absolute Gasteiger partial charge is 0.339 e. The zero-order valence-electron chi connectivity index (χ0n) is 13.9. The van der Waals surface area contributed by atoms with Gasteiger partial charge in [-0.05, 0) is 29.1 Å². The van der Waals surface area contributed by atoms with E-state index in [-0.39, 0.29) is 24.8 Å². The van der Waals surface area contributed by atoms with Crippen LogP contribution >= 0.6 is 11.3 Å². The molecule has 27 heavy (non-hydrogen) atoms. The molecular formula is C18H14F3N3O2S. The average molecular weight is 393 g/mol. The molecule has 9 heteroatoms. The Labute approximate surface area is 156 Å². The molecule has 4 rings (SSSR count). The summed E-state index contributed by atoms with van der Waals surface area (Å²) in [6.07, 6.45) is -4.13. The number of likely N-dealkylation sites (tertiary alicyclic amines) is 1. The fourth-order valence-electron chi connectivity index (χ4n) is 3.02. The maximum Gasteiger partial charge on any atom is 0.416 e. The number of hydrogen-bond acceptors (Lipinski definition) is 5. The monoisotopic (exact) mass is 393 g/mol. The molecule has 2 aromatic heterocycles. The summed E-state index contributed by atoms with van der Waals surface area (Å²) < 4.78 is 43.2. The molecule has 5 nitrogen and oxygen atoms in total. The quantitative estimate of drug-likeness (QED) is 0.662. The second-order valence-corrected chi connectivity index (χ2v) is 7.25. The molecule has 1 fully saturated rings. The molecule has 1 amide bonds. The maximum absolute atomic E-state index is 12.6. The first-order valence-electron chi connectivity index (χ1n) is 8.21. The van der Waals surface area contributed by atoms with E-state index in [1.165, 1.54) is 23.5 Å². The zero-order valence-corrected chi connectivity index (χ0v) is 14.8. The summed E-state index contributed by atoms with van der Waals surface area (Å²) in [6.45, 7) is 0.644. The van der Waals surface area contributed by atoms with Gasteiger partial charge in [0.1, 0.15) is 0 Å². The van der Waals surface area contributed by atoms with Crippen LogP contribution in [-0.4, -0.2) is 27.5 Å². The molecule has 3 aromatic rings. The van der Waals surface area contributed by atoms with Crippen molar-refractivity contribution in [2.45, 2.75) is 25.1 Å². The topological polar surface area (TPSA) is 59.2 Å². The Morgan fingerprint density at radius 3 is 2.67 bits per heavy atom. The maximum atomic E-state index is 12.6. The van der Waals surface area contributed by atoms with E-state index in [0.717, 1.165) is 17.0 Å². The van der Waals surface area contributed by atoms with Crippen LogP contribution < -0.4 is 0 Å². The summed E-state index contributed by atoms with van der Waals surface area (Å²) in [5.74, 6) is 0.597. The lowest BCUT2D eigenvalue weighted by atomic mass is 10.1. The predicted molar refractivity (Wildman–Crippen MR) is 91.8 cm³/mol. The number of halogens is 3. The Morgan fingerprint density at radius 2 is 2.00 bits per heavy atom. The first-order valence-corrected chi connectivity index (χ1v) is 9.09. The molecule has 0 radical (unpaired) electrons. The molecule has 0 spiro atoms. The molecule has 0 N–H and O–H groups in total.